The van der Waals surface area contributed by atoms with Gasteiger partial charge in [-0.05, 0) is 84.6 Å². The zero-order valence-corrected chi connectivity index (χ0v) is 19.3. The number of carbonyl (C=O) groups is 2. The van der Waals surface area contributed by atoms with Crippen LogP contribution in [0.5, 0.6) is 17.2 Å². The second kappa shape index (κ2) is 12.0. The van der Waals surface area contributed by atoms with Crippen LogP contribution in [-0.4, -0.2) is 31.8 Å². The first-order valence-corrected chi connectivity index (χ1v) is 10.6. The van der Waals surface area contributed by atoms with Gasteiger partial charge in [-0.3, -0.25) is 4.79 Å². The van der Waals surface area contributed by atoms with Gasteiger partial charge >= 0.3 is 5.97 Å². The number of hydrogen-bond donors (Lipinski definition) is 1. The molecule has 3 rings (SSSR count). The Labute approximate surface area is 198 Å². The molecule has 0 spiro atoms. The number of methoxy groups -OCH3 is 1. The molecule has 0 atom stereocenters. The van der Waals surface area contributed by atoms with Crippen LogP contribution in [0.25, 0.3) is 6.08 Å². The second-order valence-electron chi connectivity index (χ2n) is 7.38. The van der Waals surface area contributed by atoms with E-state index in [0.29, 0.717) is 11.5 Å². The van der Waals surface area contributed by atoms with Crippen LogP contribution in [0.2, 0.25) is 0 Å². The lowest BCUT2D eigenvalue weighted by molar-refractivity contribution is -0.129. The number of ether oxygens (including phenoxy) is 3. The predicted molar refractivity (Wildman–Crippen MR) is 131 cm³/mol. The molecule has 0 saturated heterocycles. The van der Waals surface area contributed by atoms with Gasteiger partial charge in [0.25, 0.3) is 5.91 Å². The lowest BCUT2D eigenvalue weighted by Gasteiger charge is -2.09. The van der Waals surface area contributed by atoms with Crippen molar-refractivity contribution in [1.29, 1.82) is 0 Å². The van der Waals surface area contributed by atoms with Gasteiger partial charge in [-0.2, -0.15) is 5.10 Å². The van der Waals surface area contributed by atoms with Crippen molar-refractivity contribution in [3.05, 3.63) is 95.1 Å². The first-order chi connectivity index (χ1) is 16.4. The van der Waals surface area contributed by atoms with Gasteiger partial charge in [0.05, 0.1) is 13.3 Å². The van der Waals surface area contributed by atoms with Crippen LogP contribution in [0, 0.1) is 13.8 Å². The SMILES string of the molecule is COc1ccc(/C=C/C(=O)Oc2ccc(/C=N\NC(=O)COc3cccc(C)c3C)cc2)cc1. The van der Waals surface area contributed by atoms with Crippen LogP contribution in [0.15, 0.2) is 77.9 Å². The molecule has 1 amide bonds. The molecule has 3 aromatic rings. The Bertz CT molecular complexity index is 1180. The Kier molecular flexibility index (Phi) is 8.57. The molecule has 0 radical (unpaired) electrons. The Balaban J connectivity index is 1.44. The summed E-state index contributed by atoms with van der Waals surface area (Å²) in [6, 6.07) is 19.7. The minimum absolute atomic E-state index is 0.138. The van der Waals surface area contributed by atoms with E-state index in [-0.39, 0.29) is 12.5 Å². The summed E-state index contributed by atoms with van der Waals surface area (Å²) in [6.45, 7) is 3.79. The highest BCUT2D eigenvalue weighted by molar-refractivity contribution is 5.89. The largest absolute Gasteiger partial charge is 0.497 e. The Morgan fingerprint density at radius 3 is 2.29 bits per heavy atom. The summed E-state index contributed by atoms with van der Waals surface area (Å²) in [4.78, 5) is 24.0. The molecular weight excluding hydrogens is 432 g/mol. The van der Waals surface area contributed by atoms with Gasteiger partial charge < -0.3 is 14.2 Å². The third-order valence-electron chi connectivity index (χ3n) is 4.94. The molecular formula is C27H26N2O5. The topological polar surface area (TPSA) is 86.2 Å². The maximum atomic E-state index is 12.0. The molecule has 0 heterocycles. The molecule has 0 aliphatic rings. The van der Waals surface area contributed by atoms with E-state index in [1.807, 2.05) is 56.3 Å². The monoisotopic (exact) mass is 458 g/mol. The number of hydrazone groups is 1. The highest BCUT2D eigenvalue weighted by Gasteiger charge is 2.05. The first kappa shape index (κ1) is 24.3. The van der Waals surface area contributed by atoms with E-state index in [2.05, 4.69) is 10.5 Å². The predicted octanol–water partition coefficient (Wildman–Crippen LogP) is 4.46. The highest BCUT2D eigenvalue weighted by atomic mass is 16.5. The van der Waals surface area contributed by atoms with Gasteiger partial charge in [0, 0.05) is 6.08 Å². The van der Waals surface area contributed by atoms with Crippen molar-refractivity contribution in [3.63, 3.8) is 0 Å². The summed E-state index contributed by atoms with van der Waals surface area (Å²) in [7, 11) is 1.60. The molecule has 0 aliphatic heterocycles. The van der Waals surface area contributed by atoms with Crippen molar-refractivity contribution in [2.24, 2.45) is 5.10 Å². The first-order valence-electron chi connectivity index (χ1n) is 10.6. The van der Waals surface area contributed by atoms with Crippen LogP contribution in [0.3, 0.4) is 0 Å². The summed E-state index contributed by atoms with van der Waals surface area (Å²) in [5, 5.41) is 3.93. The van der Waals surface area contributed by atoms with E-state index in [0.717, 1.165) is 28.0 Å². The molecule has 1 N–H and O–H groups in total. The van der Waals surface area contributed by atoms with Crippen molar-refractivity contribution in [3.8, 4) is 17.2 Å². The van der Waals surface area contributed by atoms with Gasteiger partial charge in [-0.1, -0.05) is 24.3 Å². The zero-order chi connectivity index (χ0) is 24.3. The van der Waals surface area contributed by atoms with Gasteiger partial charge in [0.2, 0.25) is 0 Å². The Morgan fingerprint density at radius 1 is 0.912 bits per heavy atom. The van der Waals surface area contributed by atoms with Gasteiger partial charge in [-0.25, -0.2) is 10.2 Å². The number of nitrogens with one attached hydrogen (secondary N) is 1. The van der Waals surface area contributed by atoms with Crippen LogP contribution in [0.4, 0.5) is 0 Å². The zero-order valence-electron chi connectivity index (χ0n) is 19.3. The number of hydrogen-bond acceptors (Lipinski definition) is 6. The number of aryl methyl sites for hydroxylation is 1. The van der Waals surface area contributed by atoms with E-state index in [1.165, 1.54) is 12.3 Å². The summed E-state index contributed by atoms with van der Waals surface area (Å²) in [5.74, 6) is 0.948. The molecule has 174 valence electrons. The number of esters is 1. The van der Waals surface area contributed by atoms with Crippen molar-refractivity contribution in [2.45, 2.75) is 13.8 Å². The number of rotatable bonds is 9. The summed E-state index contributed by atoms with van der Waals surface area (Å²) >= 11 is 0. The minimum atomic E-state index is -0.492. The quantitative estimate of drug-likeness (QED) is 0.168. The second-order valence-corrected chi connectivity index (χ2v) is 7.38. The molecule has 0 bridgehead atoms. The maximum Gasteiger partial charge on any atom is 0.336 e. The highest BCUT2D eigenvalue weighted by Crippen LogP contribution is 2.20. The summed E-state index contributed by atoms with van der Waals surface area (Å²) < 4.78 is 15.9. The number of nitrogens with zero attached hydrogens (tertiary/aromatic N) is 1. The number of benzene rings is 3. The molecule has 7 nitrogen and oxygen atoms in total. The van der Waals surface area contributed by atoms with E-state index < -0.39 is 5.97 Å². The minimum Gasteiger partial charge on any atom is -0.497 e. The van der Waals surface area contributed by atoms with E-state index in [9.17, 15) is 9.59 Å². The van der Waals surface area contributed by atoms with E-state index >= 15 is 0 Å². The molecule has 0 aromatic heterocycles. The molecule has 0 aliphatic carbocycles. The van der Waals surface area contributed by atoms with E-state index in [1.54, 1.807) is 37.5 Å². The standard InChI is InChI=1S/C27H26N2O5/c1-19-5-4-6-25(20(19)2)33-18-26(30)29-28-17-22-9-14-24(15-10-22)34-27(31)16-11-21-7-12-23(32-3)13-8-21/h4-17H,18H2,1-3H3,(H,29,30)/b16-11+,28-17-. The van der Waals surface area contributed by atoms with Crippen molar-refractivity contribution in [2.75, 3.05) is 13.7 Å². The normalized spacial score (nSPS) is 10.9. The van der Waals surface area contributed by atoms with Crippen LogP contribution in [-0.2, 0) is 9.59 Å². The molecule has 7 heteroatoms. The lowest BCUT2D eigenvalue weighted by atomic mass is 10.1. The number of amides is 1. The fourth-order valence-corrected chi connectivity index (χ4v) is 2.89. The van der Waals surface area contributed by atoms with Crippen LogP contribution in [0.1, 0.15) is 22.3 Å². The van der Waals surface area contributed by atoms with Gasteiger partial charge in [0.15, 0.2) is 6.61 Å². The smallest absolute Gasteiger partial charge is 0.336 e. The lowest BCUT2D eigenvalue weighted by Crippen LogP contribution is -2.24. The molecule has 34 heavy (non-hydrogen) atoms. The fraction of sp³-hybridized carbons (Fsp3) is 0.148. The Morgan fingerprint density at radius 2 is 1.59 bits per heavy atom. The summed E-state index contributed by atoms with van der Waals surface area (Å²) in [5.41, 5.74) is 6.10. The van der Waals surface area contributed by atoms with Crippen LogP contribution >= 0.6 is 0 Å². The number of carbonyl (C=O) groups excluding carboxylic acids is 2. The molecule has 0 saturated carbocycles. The maximum absolute atomic E-state index is 12.0. The summed E-state index contributed by atoms with van der Waals surface area (Å²) in [6.07, 6.45) is 4.51. The van der Waals surface area contributed by atoms with Crippen molar-refractivity contribution in [1.82, 2.24) is 5.43 Å². The molecule has 0 unspecified atom stereocenters. The van der Waals surface area contributed by atoms with Gasteiger partial charge in [0.1, 0.15) is 17.2 Å². The average Bonchev–Trinajstić information content (AvgIpc) is 2.85. The van der Waals surface area contributed by atoms with Crippen LogP contribution < -0.4 is 19.6 Å². The molecule has 3 aromatic carbocycles. The van der Waals surface area contributed by atoms with E-state index in [4.69, 9.17) is 14.2 Å². The van der Waals surface area contributed by atoms with Gasteiger partial charge in [-0.15, -0.1) is 0 Å². The Hall–Kier alpha value is -4.39. The van der Waals surface area contributed by atoms with Crippen molar-refractivity contribution >= 4 is 24.2 Å². The average molecular weight is 459 g/mol. The third-order valence-corrected chi connectivity index (χ3v) is 4.94. The molecule has 0 fully saturated rings. The fourth-order valence-electron chi connectivity index (χ4n) is 2.89. The van der Waals surface area contributed by atoms with Crippen molar-refractivity contribution < 1.29 is 23.8 Å². The third kappa shape index (κ3) is 7.34.